The van der Waals surface area contributed by atoms with Crippen molar-refractivity contribution in [3.05, 3.63) is 120 Å². The van der Waals surface area contributed by atoms with Gasteiger partial charge < -0.3 is 14.9 Å². The van der Waals surface area contributed by atoms with Crippen LogP contribution < -0.4 is 5.32 Å². The van der Waals surface area contributed by atoms with E-state index in [9.17, 15) is 14.4 Å². The summed E-state index contributed by atoms with van der Waals surface area (Å²) in [6.07, 6.45) is 2.95. The third-order valence-electron chi connectivity index (χ3n) is 6.37. The zero-order chi connectivity index (χ0) is 26.9. The minimum absolute atomic E-state index is 0.00638. The highest BCUT2D eigenvalue weighted by Crippen LogP contribution is 2.25. The number of hydrogen-bond acceptors (Lipinski definition) is 7. The van der Waals surface area contributed by atoms with E-state index in [-0.39, 0.29) is 29.4 Å². The Labute approximate surface area is 220 Å². The number of hydrogen-bond donors (Lipinski definition) is 2. The van der Waals surface area contributed by atoms with E-state index in [4.69, 9.17) is 9.63 Å². The number of rotatable bonds is 7. The van der Waals surface area contributed by atoms with E-state index < -0.39 is 11.9 Å². The van der Waals surface area contributed by atoms with Gasteiger partial charge in [-0.1, -0.05) is 53.7 Å². The summed E-state index contributed by atoms with van der Waals surface area (Å²) in [5, 5.41) is 25.9. The molecule has 3 aromatic heterocycles. The first-order valence-corrected chi connectivity index (χ1v) is 11.9. The first kappa shape index (κ1) is 23.7. The molecule has 6 aromatic rings. The number of fused-ring (bicyclic) bond motifs is 2. The number of carboxylic acids is 1. The average Bonchev–Trinajstić information content (AvgIpc) is 3.66. The molecule has 0 saturated carbocycles. The molecule has 3 aromatic carbocycles. The van der Waals surface area contributed by atoms with Gasteiger partial charge in [0.15, 0.2) is 5.65 Å². The number of pyridine rings is 1. The van der Waals surface area contributed by atoms with Crippen LogP contribution in [0.25, 0.3) is 27.5 Å². The van der Waals surface area contributed by atoms with Crippen molar-refractivity contribution >= 4 is 34.1 Å². The first-order valence-electron chi connectivity index (χ1n) is 11.9. The summed E-state index contributed by atoms with van der Waals surface area (Å²) in [5.41, 5.74) is 2.94. The van der Waals surface area contributed by atoms with Gasteiger partial charge in [0, 0.05) is 17.7 Å². The van der Waals surface area contributed by atoms with E-state index >= 15 is 0 Å². The largest absolute Gasteiger partial charge is 0.478 e. The third kappa shape index (κ3) is 4.51. The predicted octanol–water partition coefficient (Wildman–Crippen LogP) is 4.40. The molecule has 10 heteroatoms. The molecule has 0 aliphatic rings. The molecule has 0 aliphatic heterocycles. The van der Waals surface area contributed by atoms with Crippen LogP contribution in [0.1, 0.15) is 42.6 Å². The summed E-state index contributed by atoms with van der Waals surface area (Å²) < 4.78 is 6.39. The number of nitrogens with one attached hydrogen (secondary N) is 1. The smallest absolute Gasteiger partial charge is 0.335 e. The van der Waals surface area contributed by atoms with Crippen LogP contribution in [0, 0.1) is 0 Å². The van der Waals surface area contributed by atoms with Crippen molar-refractivity contribution in [2.24, 2.45) is 0 Å². The Kier molecular flexibility index (Phi) is 5.89. The maximum atomic E-state index is 13.6. The van der Waals surface area contributed by atoms with Crippen LogP contribution in [-0.2, 0) is 6.54 Å². The van der Waals surface area contributed by atoms with E-state index in [1.54, 1.807) is 36.4 Å². The lowest BCUT2D eigenvalue weighted by Gasteiger charge is -2.11. The second-order valence-electron chi connectivity index (χ2n) is 8.84. The highest BCUT2D eigenvalue weighted by atomic mass is 16.5. The summed E-state index contributed by atoms with van der Waals surface area (Å²) in [5.74, 6) is -1.90. The van der Waals surface area contributed by atoms with E-state index in [0.29, 0.717) is 27.9 Å². The minimum Gasteiger partial charge on any atom is -0.478 e. The molecule has 10 nitrogen and oxygen atoms in total. The SMILES string of the molecule is O=C(O)c1ccc(CNC(=O)c2cc(-c3cnoc3)cc3nnc(C(=O)c4ccc5ccccc5c4)n23)cc1. The molecule has 0 saturated heterocycles. The van der Waals surface area contributed by atoms with Crippen LogP contribution in [0.3, 0.4) is 0 Å². The molecule has 0 aliphatic carbocycles. The van der Waals surface area contributed by atoms with Crippen molar-refractivity contribution in [2.75, 3.05) is 0 Å². The number of benzene rings is 3. The van der Waals surface area contributed by atoms with Crippen LogP contribution in [-0.4, -0.2) is 42.5 Å². The summed E-state index contributed by atoms with van der Waals surface area (Å²) in [4.78, 5) is 38.2. The van der Waals surface area contributed by atoms with Gasteiger partial charge in [-0.15, -0.1) is 10.2 Å². The Balaban J connectivity index is 1.39. The topological polar surface area (TPSA) is 140 Å². The van der Waals surface area contributed by atoms with Crippen molar-refractivity contribution in [1.29, 1.82) is 0 Å². The molecule has 0 atom stereocenters. The van der Waals surface area contributed by atoms with Gasteiger partial charge in [-0.2, -0.15) is 0 Å². The molecule has 3 heterocycles. The third-order valence-corrected chi connectivity index (χ3v) is 6.37. The molecule has 0 radical (unpaired) electrons. The van der Waals surface area contributed by atoms with Crippen molar-refractivity contribution in [3.8, 4) is 11.1 Å². The van der Waals surface area contributed by atoms with Crippen LogP contribution in [0.5, 0.6) is 0 Å². The van der Waals surface area contributed by atoms with Gasteiger partial charge in [0.05, 0.1) is 11.8 Å². The summed E-state index contributed by atoms with van der Waals surface area (Å²) in [7, 11) is 0. The fraction of sp³-hybridized carbons (Fsp3) is 0.0345. The van der Waals surface area contributed by atoms with Crippen molar-refractivity contribution < 1.29 is 24.0 Å². The molecule has 190 valence electrons. The minimum atomic E-state index is -1.03. The molecule has 0 fully saturated rings. The van der Waals surface area contributed by atoms with E-state index in [2.05, 4.69) is 20.7 Å². The van der Waals surface area contributed by atoms with Gasteiger partial charge in [-0.3, -0.25) is 14.0 Å². The van der Waals surface area contributed by atoms with Gasteiger partial charge in [-0.05, 0) is 52.2 Å². The number of ketones is 1. The zero-order valence-electron chi connectivity index (χ0n) is 20.2. The Morgan fingerprint density at radius 3 is 2.36 bits per heavy atom. The molecule has 6 rings (SSSR count). The van der Waals surface area contributed by atoms with Gasteiger partial charge >= 0.3 is 5.97 Å². The second-order valence-corrected chi connectivity index (χ2v) is 8.84. The second kappa shape index (κ2) is 9.67. The Hall–Kier alpha value is -5.64. The van der Waals surface area contributed by atoms with E-state index in [1.807, 2.05) is 30.3 Å². The first-order chi connectivity index (χ1) is 19.0. The lowest BCUT2D eigenvalue weighted by molar-refractivity contribution is 0.0696. The predicted molar refractivity (Wildman–Crippen MR) is 140 cm³/mol. The fourth-order valence-corrected chi connectivity index (χ4v) is 4.35. The Morgan fingerprint density at radius 2 is 1.62 bits per heavy atom. The highest BCUT2D eigenvalue weighted by molar-refractivity contribution is 6.09. The van der Waals surface area contributed by atoms with Crippen LogP contribution in [0.2, 0.25) is 0 Å². The van der Waals surface area contributed by atoms with Gasteiger partial charge in [0.25, 0.3) is 5.91 Å². The lowest BCUT2D eigenvalue weighted by atomic mass is 10.0. The molecular formula is C29H19N5O5. The lowest BCUT2D eigenvalue weighted by Crippen LogP contribution is -2.26. The number of carbonyl (C=O) groups excluding carboxylic acids is 2. The number of amides is 1. The van der Waals surface area contributed by atoms with Gasteiger partial charge in [-0.25, -0.2) is 4.79 Å². The van der Waals surface area contributed by atoms with Crippen LogP contribution in [0.4, 0.5) is 0 Å². The van der Waals surface area contributed by atoms with Gasteiger partial charge in [0.2, 0.25) is 11.6 Å². The maximum absolute atomic E-state index is 13.6. The van der Waals surface area contributed by atoms with Crippen molar-refractivity contribution in [2.45, 2.75) is 6.54 Å². The number of carbonyl (C=O) groups is 3. The Morgan fingerprint density at radius 1 is 0.846 bits per heavy atom. The fourth-order valence-electron chi connectivity index (χ4n) is 4.35. The normalized spacial score (nSPS) is 11.1. The summed E-state index contributed by atoms with van der Waals surface area (Å²) in [6.45, 7) is 0.133. The molecule has 1 amide bonds. The average molecular weight is 518 g/mol. The monoisotopic (exact) mass is 517 g/mol. The van der Waals surface area contributed by atoms with Crippen LogP contribution in [0.15, 0.2) is 95.8 Å². The van der Waals surface area contributed by atoms with E-state index in [1.165, 1.54) is 29.0 Å². The quantitative estimate of drug-likeness (QED) is 0.297. The molecule has 0 bridgehead atoms. The number of aromatic carboxylic acids is 1. The van der Waals surface area contributed by atoms with Gasteiger partial charge in [0.1, 0.15) is 12.0 Å². The number of carboxylic acid groups (broad SMARTS) is 1. The van der Waals surface area contributed by atoms with E-state index in [0.717, 1.165) is 10.8 Å². The van der Waals surface area contributed by atoms with Crippen molar-refractivity contribution in [3.63, 3.8) is 0 Å². The molecule has 0 spiro atoms. The molecule has 0 unspecified atom stereocenters. The molecular weight excluding hydrogens is 498 g/mol. The highest BCUT2D eigenvalue weighted by Gasteiger charge is 2.23. The number of nitrogens with zero attached hydrogens (tertiary/aromatic N) is 4. The van der Waals surface area contributed by atoms with Crippen LogP contribution >= 0.6 is 0 Å². The molecule has 2 N–H and O–H groups in total. The molecule has 39 heavy (non-hydrogen) atoms. The Bertz CT molecular complexity index is 1870. The maximum Gasteiger partial charge on any atom is 0.335 e. The summed E-state index contributed by atoms with van der Waals surface area (Å²) >= 11 is 0. The standard InChI is InChI=1S/C29H19N5O5/c35-26(21-10-9-18-3-1-2-4-20(18)11-21)27-33-32-25-13-22(23-15-31-39-16-23)12-24(34(25)27)28(36)30-14-17-5-7-19(8-6-17)29(37)38/h1-13,15-16H,14H2,(H,30,36)(H,37,38). The summed E-state index contributed by atoms with van der Waals surface area (Å²) in [6, 6.07) is 22.6. The zero-order valence-corrected chi connectivity index (χ0v) is 20.2. The number of aromatic nitrogens is 4. The van der Waals surface area contributed by atoms with Crippen molar-refractivity contribution in [1.82, 2.24) is 25.1 Å².